The van der Waals surface area contributed by atoms with E-state index in [1.807, 2.05) is 62.4 Å². The Balaban J connectivity index is 1.18. The van der Waals surface area contributed by atoms with E-state index in [0.29, 0.717) is 30.4 Å². The van der Waals surface area contributed by atoms with Crippen molar-refractivity contribution in [2.45, 2.75) is 98.4 Å². The molecule has 0 saturated carbocycles. The minimum atomic E-state index is -0.295. The number of esters is 2. The first-order valence-corrected chi connectivity index (χ1v) is 22.8. The molecular weight excluding hydrogens is 767 g/mol. The first-order valence-electron chi connectivity index (χ1n) is 22.8. The predicted molar refractivity (Wildman–Crippen MR) is 254 cm³/mol. The summed E-state index contributed by atoms with van der Waals surface area (Å²) < 4.78 is 16.0. The molecule has 2 aromatic heterocycles. The molecule has 0 saturated heterocycles. The topological polar surface area (TPSA) is 65.7 Å². The van der Waals surface area contributed by atoms with Gasteiger partial charge in [-0.3, -0.25) is 4.90 Å². The summed E-state index contributed by atoms with van der Waals surface area (Å²) in [7, 11) is 0. The van der Waals surface area contributed by atoms with Crippen molar-refractivity contribution in [3.05, 3.63) is 144 Å². The Morgan fingerprint density at radius 1 is 0.516 bits per heavy atom. The van der Waals surface area contributed by atoms with Crippen molar-refractivity contribution in [1.82, 2.24) is 14.0 Å². The Labute approximate surface area is 364 Å². The molecule has 3 aliphatic heterocycles. The van der Waals surface area contributed by atoms with Crippen LogP contribution in [0.1, 0.15) is 98.1 Å². The van der Waals surface area contributed by atoms with E-state index >= 15 is 0 Å². The second-order valence-corrected chi connectivity index (χ2v) is 16.8. The van der Waals surface area contributed by atoms with Crippen molar-refractivity contribution in [3.8, 4) is 22.3 Å². The van der Waals surface area contributed by atoms with Crippen molar-refractivity contribution in [2.24, 2.45) is 0 Å². The van der Waals surface area contributed by atoms with Gasteiger partial charge in [0.25, 0.3) is 0 Å². The number of carbonyl (C=O) groups excluding carboxylic acids is 2. The highest BCUT2D eigenvalue weighted by atomic mass is 16.5. The molecule has 62 heavy (non-hydrogen) atoms. The lowest BCUT2D eigenvalue weighted by Gasteiger charge is -2.32. The molecule has 0 aliphatic carbocycles. The smallest absolute Gasteiger partial charge is 0.338 e. The Hall–Kier alpha value is -6.18. The Morgan fingerprint density at radius 3 is 1.34 bits per heavy atom. The third-order valence-electron chi connectivity index (χ3n) is 12.9. The molecule has 8 bridgehead atoms. The molecule has 7 heteroatoms. The van der Waals surface area contributed by atoms with Crippen LogP contribution in [0.25, 0.3) is 65.9 Å². The second-order valence-electron chi connectivity index (χ2n) is 16.8. The highest BCUT2D eigenvalue weighted by Crippen LogP contribution is 2.38. The van der Waals surface area contributed by atoms with Gasteiger partial charge in [0.1, 0.15) is 0 Å². The fourth-order valence-electron chi connectivity index (χ4n) is 10.1. The molecule has 0 N–H and O–H groups in total. The van der Waals surface area contributed by atoms with Gasteiger partial charge in [-0.05, 0) is 134 Å². The zero-order chi connectivity index (χ0) is 42.7. The quantitative estimate of drug-likeness (QED) is 0.122. The summed E-state index contributed by atoms with van der Waals surface area (Å²) in [5, 5.41) is 4.92. The van der Waals surface area contributed by atoms with E-state index < -0.39 is 0 Å². The van der Waals surface area contributed by atoms with E-state index in [9.17, 15) is 9.59 Å². The van der Waals surface area contributed by atoms with Crippen LogP contribution < -0.4 is 0 Å². The van der Waals surface area contributed by atoms with E-state index in [0.717, 1.165) is 87.0 Å². The molecular formula is C55H57N3O4. The van der Waals surface area contributed by atoms with Gasteiger partial charge in [0, 0.05) is 75.8 Å². The van der Waals surface area contributed by atoms with Crippen molar-refractivity contribution in [1.29, 1.82) is 0 Å². The molecule has 0 amide bonds. The molecule has 3 aliphatic rings. The number of rotatable bonds is 11. The maximum Gasteiger partial charge on any atom is 0.338 e. The lowest BCUT2D eigenvalue weighted by molar-refractivity contribution is 0.0517. The fourth-order valence-corrected chi connectivity index (χ4v) is 10.1. The van der Waals surface area contributed by atoms with Crippen molar-refractivity contribution >= 4 is 55.6 Å². The van der Waals surface area contributed by atoms with E-state index in [4.69, 9.17) is 9.47 Å². The Morgan fingerprint density at radius 2 is 0.919 bits per heavy atom. The third-order valence-corrected chi connectivity index (χ3v) is 12.9. The molecule has 0 radical (unpaired) electrons. The fraction of sp³-hybridized carbons (Fsp3) is 0.309. The number of carbonyl (C=O) groups is 2. The lowest BCUT2D eigenvalue weighted by atomic mass is 9.97. The van der Waals surface area contributed by atoms with Gasteiger partial charge in [-0.2, -0.15) is 0 Å². The minimum Gasteiger partial charge on any atom is -0.462 e. The summed E-state index contributed by atoms with van der Waals surface area (Å²) in [6, 6.07) is 43.7. The number of hydrogen-bond acceptors (Lipinski definition) is 5. The maximum absolute atomic E-state index is 13.1. The number of hydrogen-bond donors (Lipinski definition) is 0. The van der Waals surface area contributed by atoms with Gasteiger partial charge in [0.15, 0.2) is 0 Å². The molecule has 11 rings (SSSR count). The third kappa shape index (κ3) is 7.79. The zero-order valence-electron chi connectivity index (χ0n) is 36.6. The standard InChI is InChI=1S/C55H57N3O4/c1-5-15-41(16-6-2)56-35-37-21-25-50-46(31-37)48-33-39(42-17-9-11-19-44(42)54(59)61-7-3)23-27-52(48)57(50)29-13-14-30-58-51-26-22-38(36-56)32-47(51)49-34-40(24-28-53(49)58)43-18-10-12-20-45(43)55(60)62-8-4/h9-12,17-28,31-34,41H,5-8,13-16,29-30,35-36H2,1-4H3. The number of aryl methyl sites for hydroxylation is 2. The summed E-state index contributed by atoms with van der Waals surface area (Å²) in [5.74, 6) is -0.589. The highest BCUT2D eigenvalue weighted by Gasteiger charge is 2.23. The normalized spacial score (nSPS) is 13.7. The van der Waals surface area contributed by atoms with Crippen molar-refractivity contribution < 1.29 is 19.1 Å². The first-order chi connectivity index (χ1) is 30.4. The van der Waals surface area contributed by atoms with Crippen LogP contribution >= 0.6 is 0 Å². The predicted octanol–water partition coefficient (Wildman–Crippen LogP) is 13.4. The summed E-state index contributed by atoms with van der Waals surface area (Å²) in [6.45, 7) is 12.4. The molecule has 8 aromatic rings. The van der Waals surface area contributed by atoms with Gasteiger partial charge in [-0.25, -0.2) is 9.59 Å². The highest BCUT2D eigenvalue weighted by molar-refractivity contribution is 6.11. The number of fused-ring (bicyclic) bond motifs is 2. The first kappa shape index (κ1) is 41.2. The molecule has 0 spiro atoms. The monoisotopic (exact) mass is 823 g/mol. The SMILES string of the molecule is CCCC(CCC)N1Cc2ccc3c(c2)c2cc(-c4ccccc4C(=O)OCC)ccc2n3CCCCn2c3ccc(cc3c3cc(-c4ccccc4C(=O)OCC)ccc32)C1. The average Bonchev–Trinajstić information content (AvgIpc) is 3.77. The van der Waals surface area contributed by atoms with Gasteiger partial charge in [-0.15, -0.1) is 0 Å². The largest absolute Gasteiger partial charge is 0.462 e. The van der Waals surface area contributed by atoms with Gasteiger partial charge in [0.2, 0.25) is 0 Å². The summed E-state index contributed by atoms with van der Waals surface area (Å²) in [4.78, 5) is 28.9. The molecule has 0 fully saturated rings. The number of ether oxygens (including phenoxy) is 2. The minimum absolute atomic E-state index is 0.295. The van der Waals surface area contributed by atoms with Gasteiger partial charge >= 0.3 is 11.9 Å². The van der Waals surface area contributed by atoms with Crippen LogP contribution in [-0.2, 0) is 35.7 Å². The molecule has 6 aromatic carbocycles. The van der Waals surface area contributed by atoms with Crippen molar-refractivity contribution in [3.63, 3.8) is 0 Å². The summed E-state index contributed by atoms with van der Waals surface area (Å²) in [5.41, 5.74) is 12.5. The maximum atomic E-state index is 13.1. The van der Waals surface area contributed by atoms with Crippen LogP contribution in [0.2, 0.25) is 0 Å². The number of aromatic nitrogens is 2. The Bertz CT molecular complexity index is 2740. The summed E-state index contributed by atoms with van der Waals surface area (Å²) >= 11 is 0. The average molecular weight is 824 g/mol. The second kappa shape index (κ2) is 18.0. The van der Waals surface area contributed by atoms with E-state index in [-0.39, 0.29) is 11.9 Å². The molecule has 7 nitrogen and oxygen atoms in total. The molecule has 0 unspecified atom stereocenters. The summed E-state index contributed by atoms with van der Waals surface area (Å²) in [6.07, 6.45) is 6.55. The van der Waals surface area contributed by atoms with Gasteiger partial charge in [0.05, 0.1) is 24.3 Å². The van der Waals surface area contributed by atoms with Crippen LogP contribution in [0.3, 0.4) is 0 Å². The van der Waals surface area contributed by atoms with Crippen LogP contribution in [-0.4, -0.2) is 45.2 Å². The van der Waals surface area contributed by atoms with Crippen molar-refractivity contribution in [2.75, 3.05) is 13.2 Å². The van der Waals surface area contributed by atoms with Gasteiger partial charge < -0.3 is 18.6 Å². The number of benzene rings is 6. The molecule has 316 valence electrons. The van der Waals surface area contributed by atoms with Gasteiger partial charge in [-0.1, -0.05) is 87.4 Å². The Kier molecular flexibility index (Phi) is 12.0. The van der Waals surface area contributed by atoms with E-state index in [2.05, 4.69) is 101 Å². The van der Waals surface area contributed by atoms with E-state index in [1.165, 1.54) is 54.7 Å². The van der Waals surface area contributed by atoms with Crippen LogP contribution in [0.4, 0.5) is 0 Å². The van der Waals surface area contributed by atoms with Crippen LogP contribution in [0.15, 0.2) is 121 Å². The van der Waals surface area contributed by atoms with Crippen LogP contribution in [0.5, 0.6) is 0 Å². The molecule has 5 heterocycles. The molecule has 0 atom stereocenters. The lowest BCUT2D eigenvalue weighted by Crippen LogP contribution is -2.34. The zero-order valence-corrected chi connectivity index (χ0v) is 36.6. The number of nitrogens with zero attached hydrogens (tertiary/aromatic N) is 3. The van der Waals surface area contributed by atoms with Crippen LogP contribution in [0, 0.1) is 0 Å². The van der Waals surface area contributed by atoms with E-state index in [1.54, 1.807) is 0 Å².